The highest BCUT2D eigenvalue weighted by atomic mass is 31.2. The first-order chi connectivity index (χ1) is 47.0. The molecule has 0 fully saturated rings. The van der Waals surface area contributed by atoms with Crippen LogP contribution in [-0.2, 0) is 32.7 Å². The summed E-state index contributed by atoms with van der Waals surface area (Å²) in [6, 6.07) is 0. The van der Waals surface area contributed by atoms with Crippen molar-refractivity contribution in [3.63, 3.8) is 0 Å². The van der Waals surface area contributed by atoms with Crippen LogP contribution >= 0.6 is 7.82 Å². The second kappa shape index (κ2) is 74.8. The number of nitrogens with zero attached hydrogens (tertiary/aromatic N) is 1. The van der Waals surface area contributed by atoms with Gasteiger partial charge < -0.3 is 27.9 Å². The molecule has 0 aliphatic carbocycles. The van der Waals surface area contributed by atoms with Crippen molar-refractivity contribution in [1.29, 1.82) is 0 Å². The number of carbonyl (C=O) groups excluding carboxylic acids is 2. The molecule has 0 aromatic heterocycles. The summed E-state index contributed by atoms with van der Waals surface area (Å²) >= 11 is 0. The number of ether oxygens (including phenoxy) is 2. The van der Waals surface area contributed by atoms with E-state index in [-0.39, 0.29) is 32.0 Å². The van der Waals surface area contributed by atoms with E-state index in [2.05, 4.69) is 172 Å². The molecule has 0 saturated carbocycles. The molecule has 0 aliphatic heterocycles. The van der Waals surface area contributed by atoms with Crippen molar-refractivity contribution in [2.45, 2.75) is 328 Å². The third-order valence-electron chi connectivity index (χ3n) is 16.5. The lowest BCUT2D eigenvalue weighted by Crippen LogP contribution is -2.37. The summed E-state index contributed by atoms with van der Waals surface area (Å²) in [6.45, 7) is 4.03. The van der Waals surface area contributed by atoms with E-state index in [1.165, 1.54) is 167 Å². The number of phosphoric ester groups is 1. The standard InChI is InChI=1S/C86H146NO8P/c1-6-8-10-12-14-16-18-20-22-24-26-28-30-32-34-36-38-40-42-43-45-46-48-50-52-54-56-58-60-62-64-66-68-70-72-74-76-78-85(88)92-82-84(83-94-96(90,91)93-81-80-87(3,4)5)95-86(89)79-77-75-73-71-69-67-65-63-61-59-57-55-53-51-49-47-44-41-39-37-35-33-31-29-27-25-23-21-19-17-15-13-11-9-7-2/h8-11,14-17,20-23,26-29,32-35,38-41,47,49,84H,6-7,12-13,18-19,24-25,30-31,36-37,42-46,48,50-83H2,1-5H3/b10-8-,11-9-,16-14-,17-15-,22-20-,23-21-,28-26-,29-27-,34-32-,35-33-,40-38-,41-39-,49-47-. The summed E-state index contributed by atoms with van der Waals surface area (Å²) in [5.41, 5.74) is 0. The van der Waals surface area contributed by atoms with Crippen LogP contribution in [0.4, 0.5) is 0 Å². The Morgan fingerprint density at radius 1 is 0.323 bits per heavy atom. The zero-order valence-corrected chi connectivity index (χ0v) is 63.4. The molecular weight excluding hydrogens is 1210 g/mol. The monoisotopic (exact) mass is 1350 g/mol. The number of quaternary nitrogens is 1. The molecule has 548 valence electrons. The minimum absolute atomic E-state index is 0.0359. The summed E-state index contributed by atoms with van der Waals surface area (Å²) in [7, 11) is 1.16. The average molecular weight is 1350 g/mol. The maximum atomic E-state index is 12.9. The van der Waals surface area contributed by atoms with E-state index in [4.69, 9.17) is 18.5 Å². The van der Waals surface area contributed by atoms with Crippen molar-refractivity contribution in [2.24, 2.45) is 0 Å². The van der Waals surface area contributed by atoms with Crippen molar-refractivity contribution >= 4 is 19.8 Å². The Morgan fingerprint density at radius 2 is 0.562 bits per heavy atom. The molecule has 2 unspecified atom stereocenters. The molecular formula is C86H146NO8P. The first kappa shape index (κ1) is 91.6. The molecule has 0 heterocycles. The molecule has 2 atom stereocenters. The molecule has 0 N–H and O–H groups in total. The number of rotatable bonds is 71. The van der Waals surface area contributed by atoms with Crippen molar-refractivity contribution in [2.75, 3.05) is 47.5 Å². The van der Waals surface area contributed by atoms with Gasteiger partial charge in [0, 0.05) is 12.8 Å². The van der Waals surface area contributed by atoms with Gasteiger partial charge in [0.15, 0.2) is 6.10 Å². The summed E-state index contributed by atoms with van der Waals surface area (Å²) in [5.74, 6) is -0.831. The molecule has 96 heavy (non-hydrogen) atoms. The molecule has 0 aromatic rings. The van der Waals surface area contributed by atoms with E-state index in [1.807, 2.05) is 21.1 Å². The topological polar surface area (TPSA) is 111 Å². The van der Waals surface area contributed by atoms with Crippen LogP contribution in [0.25, 0.3) is 0 Å². The lowest BCUT2D eigenvalue weighted by molar-refractivity contribution is -0.870. The quantitative estimate of drug-likeness (QED) is 0.0195. The fraction of sp³-hybridized carbons (Fsp3) is 0.674. The highest BCUT2D eigenvalue weighted by Gasteiger charge is 2.22. The lowest BCUT2D eigenvalue weighted by atomic mass is 10.0. The average Bonchev–Trinajstić information content (AvgIpc) is 2.74. The zero-order valence-electron chi connectivity index (χ0n) is 62.5. The van der Waals surface area contributed by atoms with Crippen LogP contribution < -0.4 is 4.89 Å². The molecule has 9 nitrogen and oxygen atoms in total. The predicted octanol–water partition coefficient (Wildman–Crippen LogP) is 25.6. The second-order valence-corrected chi connectivity index (χ2v) is 28.4. The van der Waals surface area contributed by atoms with Crippen LogP contribution in [-0.4, -0.2) is 70.0 Å². The number of hydrogen-bond acceptors (Lipinski definition) is 8. The number of phosphoric acid groups is 1. The van der Waals surface area contributed by atoms with Crippen molar-refractivity contribution in [3.8, 4) is 0 Å². The van der Waals surface area contributed by atoms with E-state index in [0.29, 0.717) is 17.4 Å². The molecule has 0 rings (SSSR count). The second-order valence-electron chi connectivity index (χ2n) is 27.0. The normalized spacial score (nSPS) is 13.9. The fourth-order valence-corrected chi connectivity index (χ4v) is 11.4. The van der Waals surface area contributed by atoms with Gasteiger partial charge in [0.05, 0.1) is 27.7 Å². The van der Waals surface area contributed by atoms with Gasteiger partial charge in [0.2, 0.25) is 0 Å². The minimum Gasteiger partial charge on any atom is -0.756 e. The largest absolute Gasteiger partial charge is 0.756 e. The van der Waals surface area contributed by atoms with Crippen LogP contribution in [0.1, 0.15) is 322 Å². The van der Waals surface area contributed by atoms with Gasteiger partial charge in [-0.2, -0.15) is 0 Å². The van der Waals surface area contributed by atoms with Crippen LogP contribution in [0.3, 0.4) is 0 Å². The Kier molecular flexibility index (Phi) is 71.4. The number of allylic oxidation sites excluding steroid dienone is 26. The highest BCUT2D eigenvalue weighted by Crippen LogP contribution is 2.38. The van der Waals surface area contributed by atoms with Gasteiger partial charge in [-0.15, -0.1) is 0 Å². The van der Waals surface area contributed by atoms with E-state index in [0.717, 1.165) is 122 Å². The third kappa shape index (κ3) is 78.6. The van der Waals surface area contributed by atoms with Crippen molar-refractivity contribution in [3.05, 3.63) is 158 Å². The molecule has 0 radical (unpaired) electrons. The summed E-state index contributed by atoms with van der Waals surface area (Å²) in [4.78, 5) is 38.2. The van der Waals surface area contributed by atoms with Crippen molar-refractivity contribution in [1.82, 2.24) is 0 Å². The summed E-state index contributed by atoms with van der Waals surface area (Å²) in [5, 5.41) is 0. The molecule has 0 saturated heterocycles. The van der Waals surface area contributed by atoms with Crippen LogP contribution in [0.5, 0.6) is 0 Å². The van der Waals surface area contributed by atoms with Crippen molar-refractivity contribution < 1.29 is 42.1 Å². The Balaban J connectivity index is 4.01. The molecule has 0 bridgehead atoms. The number of unbranched alkanes of at least 4 members (excludes halogenated alkanes) is 31. The predicted molar refractivity (Wildman–Crippen MR) is 415 cm³/mol. The van der Waals surface area contributed by atoms with Gasteiger partial charge in [-0.1, -0.05) is 345 Å². The first-order valence-corrected chi connectivity index (χ1v) is 40.7. The first-order valence-electron chi connectivity index (χ1n) is 39.2. The molecule has 10 heteroatoms. The summed E-state index contributed by atoms with van der Waals surface area (Å²) < 4.78 is 34.4. The van der Waals surface area contributed by atoms with E-state index < -0.39 is 26.5 Å². The highest BCUT2D eigenvalue weighted by molar-refractivity contribution is 7.45. The maximum Gasteiger partial charge on any atom is 0.306 e. The smallest absolute Gasteiger partial charge is 0.306 e. The zero-order chi connectivity index (χ0) is 69.7. The maximum absolute atomic E-state index is 12.9. The Bertz CT molecular complexity index is 2180. The number of esters is 2. The Morgan fingerprint density at radius 3 is 0.833 bits per heavy atom. The van der Waals surface area contributed by atoms with Crippen LogP contribution in [0.2, 0.25) is 0 Å². The molecule has 0 spiro atoms. The van der Waals surface area contributed by atoms with Crippen LogP contribution in [0, 0.1) is 0 Å². The fourth-order valence-electron chi connectivity index (χ4n) is 10.6. The van der Waals surface area contributed by atoms with Gasteiger partial charge in [-0.25, -0.2) is 0 Å². The molecule has 0 aromatic carbocycles. The lowest BCUT2D eigenvalue weighted by Gasteiger charge is -2.28. The van der Waals surface area contributed by atoms with Gasteiger partial charge in [-0.05, 0) is 122 Å². The third-order valence-corrected chi connectivity index (χ3v) is 17.5. The molecule has 0 amide bonds. The van der Waals surface area contributed by atoms with Gasteiger partial charge in [-0.3, -0.25) is 14.2 Å². The SMILES string of the molecule is CC/C=C\C/C=C\C/C=C\C/C=C\C/C=C\C/C=C\C/C=C\CCCCCCCCCCCCCCCC(=O)OC(COC(=O)CCCCCCCCCCCCCCCCCCCC/C=C\C/C=C\C/C=C\C/C=C\C/C=C\C/C=C\CC)COP(=O)([O-])OCC[N+](C)(C)C. The Labute approximate surface area is 592 Å². The van der Waals surface area contributed by atoms with E-state index in [1.54, 1.807) is 0 Å². The number of likely N-dealkylation sites (N-methyl/N-ethyl adjacent to an activating group) is 1. The van der Waals surface area contributed by atoms with E-state index >= 15 is 0 Å². The Hall–Kier alpha value is -4.37. The molecule has 0 aliphatic rings. The van der Waals surface area contributed by atoms with Crippen LogP contribution in [0.15, 0.2) is 158 Å². The number of carbonyl (C=O) groups is 2. The van der Waals surface area contributed by atoms with E-state index in [9.17, 15) is 19.0 Å². The summed E-state index contributed by atoms with van der Waals surface area (Å²) in [6.07, 6.45) is 112. The van der Waals surface area contributed by atoms with Gasteiger partial charge >= 0.3 is 11.9 Å². The minimum atomic E-state index is -4.65. The van der Waals surface area contributed by atoms with Gasteiger partial charge in [0.25, 0.3) is 7.82 Å². The van der Waals surface area contributed by atoms with Gasteiger partial charge in [0.1, 0.15) is 19.8 Å². The number of hydrogen-bond donors (Lipinski definition) is 0.